The van der Waals surface area contributed by atoms with Crippen LogP contribution in [0, 0.1) is 0 Å². The van der Waals surface area contributed by atoms with Crippen molar-refractivity contribution < 1.29 is 4.48 Å². The predicted octanol–water partition coefficient (Wildman–Crippen LogP) is 0.575. The number of rotatable bonds is 2. The lowest BCUT2D eigenvalue weighted by Crippen LogP contribution is -2.50. The Morgan fingerprint density at radius 1 is 0.909 bits per heavy atom. The number of likely N-dealkylation sites (tertiary alicyclic amines) is 1. The van der Waals surface area contributed by atoms with Crippen molar-refractivity contribution >= 4 is 8.41 Å². The normalized spacial score (nSPS) is 22.4. The van der Waals surface area contributed by atoms with Crippen molar-refractivity contribution in [1.82, 2.24) is 0 Å². The number of hydrogen-bond acceptors (Lipinski definition) is 0. The van der Waals surface area contributed by atoms with E-state index in [2.05, 4.69) is 13.8 Å². The molecular formula is C9H24BN. The molecule has 0 aliphatic carbocycles. The monoisotopic (exact) mass is 157 g/mol. The lowest BCUT2D eigenvalue weighted by molar-refractivity contribution is -0.929. The zero-order valence-electron chi connectivity index (χ0n) is 7.40. The van der Waals surface area contributed by atoms with E-state index in [1.54, 1.807) is 0 Å². The third-order valence-corrected chi connectivity index (χ3v) is 3.11. The molecule has 0 unspecified atom stereocenters. The Hall–Kier alpha value is 0.0249. The van der Waals surface area contributed by atoms with Crippen LogP contribution >= 0.6 is 0 Å². The summed E-state index contributed by atoms with van der Waals surface area (Å²) in [5.41, 5.74) is 0. The first-order valence-corrected chi connectivity index (χ1v) is 4.68. The predicted molar refractivity (Wildman–Crippen MR) is 56.3 cm³/mol. The molecule has 0 atom stereocenters. The van der Waals surface area contributed by atoms with Gasteiger partial charge in [-0.3, -0.25) is 0 Å². The SMILES string of the molecule is CC[N+]1(CC)CCCCC1.[BH4-]. The van der Waals surface area contributed by atoms with E-state index in [4.69, 9.17) is 0 Å². The molecule has 1 saturated heterocycles. The molecule has 1 fully saturated rings. The van der Waals surface area contributed by atoms with E-state index in [1.165, 1.54) is 49.9 Å². The van der Waals surface area contributed by atoms with Gasteiger partial charge in [0.25, 0.3) is 0 Å². The Balaban J connectivity index is 0.000001000. The molecule has 0 spiro atoms. The molecule has 68 valence electrons. The van der Waals surface area contributed by atoms with Crippen molar-refractivity contribution in [2.45, 2.75) is 33.1 Å². The maximum Gasteiger partial charge on any atom is 0.0786 e. The van der Waals surface area contributed by atoms with Gasteiger partial charge in [0.05, 0.1) is 26.2 Å². The van der Waals surface area contributed by atoms with Gasteiger partial charge in [-0.2, -0.15) is 0 Å². The molecule has 0 aromatic carbocycles. The third kappa shape index (κ3) is 2.51. The van der Waals surface area contributed by atoms with Crippen molar-refractivity contribution in [3.63, 3.8) is 0 Å². The van der Waals surface area contributed by atoms with Crippen molar-refractivity contribution in [2.75, 3.05) is 26.2 Å². The summed E-state index contributed by atoms with van der Waals surface area (Å²) in [5.74, 6) is 0. The summed E-state index contributed by atoms with van der Waals surface area (Å²) in [7, 11) is 0. The van der Waals surface area contributed by atoms with Gasteiger partial charge < -0.3 is 4.48 Å². The van der Waals surface area contributed by atoms with Crippen LogP contribution in [0.4, 0.5) is 0 Å². The molecule has 1 heterocycles. The zero-order chi connectivity index (χ0) is 7.45. The van der Waals surface area contributed by atoms with Crippen LogP contribution in [0.25, 0.3) is 0 Å². The number of piperidine rings is 1. The summed E-state index contributed by atoms with van der Waals surface area (Å²) in [4.78, 5) is 0. The Morgan fingerprint density at radius 3 is 1.64 bits per heavy atom. The molecule has 0 bridgehead atoms. The summed E-state index contributed by atoms with van der Waals surface area (Å²) in [6.45, 7) is 10.2. The van der Waals surface area contributed by atoms with Gasteiger partial charge in [0.15, 0.2) is 0 Å². The van der Waals surface area contributed by atoms with Crippen molar-refractivity contribution in [1.29, 1.82) is 0 Å². The smallest absolute Gasteiger partial charge is 0.0786 e. The van der Waals surface area contributed by atoms with Crippen molar-refractivity contribution in [3.05, 3.63) is 0 Å². The highest BCUT2D eigenvalue weighted by molar-refractivity contribution is 5.75. The molecule has 11 heavy (non-hydrogen) atoms. The number of quaternary nitrogens is 1. The van der Waals surface area contributed by atoms with E-state index < -0.39 is 0 Å². The van der Waals surface area contributed by atoms with Crippen LogP contribution in [0.2, 0.25) is 0 Å². The molecular weight excluding hydrogens is 133 g/mol. The molecule has 0 radical (unpaired) electrons. The highest BCUT2D eigenvalue weighted by Crippen LogP contribution is 2.17. The summed E-state index contributed by atoms with van der Waals surface area (Å²) in [6.07, 6.45) is 4.39. The van der Waals surface area contributed by atoms with E-state index >= 15 is 0 Å². The fourth-order valence-corrected chi connectivity index (χ4v) is 2.04. The van der Waals surface area contributed by atoms with Gasteiger partial charge in [-0.05, 0) is 33.1 Å². The summed E-state index contributed by atoms with van der Waals surface area (Å²) < 4.78 is 1.39. The Labute approximate surface area is 72.9 Å². The van der Waals surface area contributed by atoms with Gasteiger partial charge >= 0.3 is 0 Å². The Morgan fingerprint density at radius 2 is 1.36 bits per heavy atom. The fourth-order valence-electron chi connectivity index (χ4n) is 2.04. The first kappa shape index (κ1) is 11.0. The van der Waals surface area contributed by atoms with Gasteiger partial charge in [0.1, 0.15) is 0 Å². The lowest BCUT2D eigenvalue weighted by Gasteiger charge is -2.39. The molecule has 1 aliphatic heterocycles. The van der Waals surface area contributed by atoms with E-state index in [0.717, 1.165) is 0 Å². The minimum atomic E-state index is 0. The topological polar surface area (TPSA) is 0 Å². The average molecular weight is 157 g/mol. The highest BCUT2D eigenvalue weighted by atomic mass is 15.3. The molecule has 0 amide bonds. The molecule has 0 aromatic rings. The molecule has 1 rings (SSSR count). The lowest BCUT2D eigenvalue weighted by atomic mass is 10.1. The van der Waals surface area contributed by atoms with E-state index in [9.17, 15) is 0 Å². The molecule has 0 N–H and O–H groups in total. The third-order valence-electron chi connectivity index (χ3n) is 3.11. The number of hydrogen-bond donors (Lipinski definition) is 0. The average Bonchev–Trinajstić information content (AvgIpc) is 2.06. The first-order chi connectivity index (χ1) is 4.83. The van der Waals surface area contributed by atoms with Crippen LogP contribution in [-0.2, 0) is 0 Å². The van der Waals surface area contributed by atoms with Gasteiger partial charge in [0, 0.05) is 0 Å². The molecule has 1 nitrogen and oxygen atoms in total. The fraction of sp³-hybridized carbons (Fsp3) is 1.00. The largest absolute Gasteiger partial charge is 0.324 e. The van der Waals surface area contributed by atoms with Crippen LogP contribution in [-0.4, -0.2) is 39.1 Å². The van der Waals surface area contributed by atoms with Crippen LogP contribution in [0.3, 0.4) is 0 Å². The maximum atomic E-state index is 2.33. The minimum absolute atomic E-state index is 0. The second-order valence-corrected chi connectivity index (χ2v) is 3.48. The zero-order valence-corrected chi connectivity index (χ0v) is 7.40. The van der Waals surface area contributed by atoms with E-state index in [-0.39, 0.29) is 8.41 Å². The van der Waals surface area contributed by atoms with Gasteiger partial charge in [-0.15, -0.1) is 0 Å². The van der Waals surface area contributed by atoms with Gasteiger partial charge in [-0.25, -0.2) is 0 Å². The van der Waals surface area contributed by atoms with Gasteiger partial charge in [0.2, 0.25) is 0 Å². The standard InChI is InChI=1S/C9H20N.BH4/c1-3-10(4-2)8-6-5-7-9-10;/h3-9H2,1-2H3;1H4/q+1;-1. The van der Waals surface area contributed by atoms with Crippen molar-refractivity contribution in [2.24, 2.45) is 0 Å². The second kappa shape index (κ2) is 4.81. The molecule has 0 saturated carbocycles. The summed E-state index contributed by atoms with van der Waals surface area (Å²) in [5, 5.41) is 0. The van der Waals surface area contributed by atoms with E-state index in [0.29, 0.717) is 0 Å². The second-order valence-electron chi connectivity index (χ2n) is 3.48. The maximum absolute atomic E-state index is 2.33. The van der Waals surface area contributed by atoms with Crippen molar-refractivity contribution in [3.8, 4) is 0 Å². The first-order valence-electron chi connectivity index (χ1n) is 4.68. The summed E-state index contributed by atoms with van der Waals surface area (Å²) >= 11 is 0. The van der Waals surface area contributed by atoms with Gasteiger partial charge in [-0.1, -0.05) is 8.41 Å². The Bertz CT molecular complexity index is 91.7. The molecule has 0 aromatic heterocycles. The minimum Gasteiger partial charge on any atom is -0.324 e. The van der Waals surface area contributed by atoms with E-state index in [1.807, 2.05) is 0 Å². The van der Waals surface area contributed by atoms with Crippen LogP contribution in [0.1, 0.15) is 33.1 Å². The molecule has 2 heteroatoms. The summed E-state index contributed by atoms with van der Waals surface area (Å²) in [6, 6.07) is 0. The highest BCUT2D eigenvalue weighted by Gasteiger charge is 2.24. The number of nitrogens with zero attached hydrogens (tertiary/aromatic N) is 1. The molecule has 1 aliphatic rings. The Kier molecular flexibility index (Phi) is 4.82. The van der Waals surface area contributed by atoms with Crippen LogP contribution in [0.15, 0.2) is 0 Å². The van der Waals surface area contributed by atoms with Crippen LogP contribution in [0.5, 0.6) is 0 Å². The van der Waals surface area contributed by atoms with Crippen LogP contribution < -0.4 is 0 Å². The quantitative estimate of drug-likeness (QED) is 0.406.